The van der Waals surface area contributed by atoms with E-state index in [0.717, 1.165) is 24.2 Å². The summed E-state index contributed by atoms with van der Waals surface area (Å²) in [5, 5.41) is 0. The van der Waals surface area contributed by atoms with Crippen LogP contribution in [-0.4, -0.2) is 18.9 Å². The van der Waals surface area contributed by atoms with E-state index in [1.807, 2.05) is 31.2 Å². The van der Waals surface area contributed by atoms with Gasteiger partial charge in [-0.3, -0.25) is 4.79 Å². The maximum absolute atomic E-state index is 11.6. The summed E-state index contributed by atoms with van der Waals surface area (Å²) in [4.78, 5) is 11.6. The molecule has 0 aliphatic rings. The minimum Gasteiger partial charge on any atom is -0.497 e. The summed E-state index contributed by atoms with van der Waals surface area (Å²) in [6.07, 6.45) is 2.69. The monoisotopic (exact) mass is 235 g/mol. The van der Waals surface area contributed by atoms with Gasteiger partial charge >= 0.3 is 0 Å². The van der Waals surface area contributed by atoms with Crippen LogP contribution in [0.2, 0.25) is 0 Å². The molecule has 1 aromatic rings. The summed E-state index contributed by atoms with van der Waals surface area (Å²) in [7, 11) is 1.64. The molecule has 0 bridgehead atoms. The molecule has 0 heterocycles. The van der Waals surface area contributed by atoms with Crippen LogP contribution < -0.4 is 10.5 Å². The number of rotatable bonds is 7. The van der Waals surface area contributed by atoms with Gasteiger partial charge in [0.1, 0.15) is 11.5 Å². The van der Waals surface area contributed by atoms with Crippen molar-refractivity contribution >= 4 is 5.78 Å². The van der Waals surface area contributed by atoms with Crippen molar-refractivity contribution in [2.24, 2.45) is 5.73 Å². The molecular formula is C14H21NO2. The highest BCUT2D eigenvalue weighted by Gasteiger charge is 2.07. The van der Waals surface area contributed by atoms with Gasteiger partial charge in [0.05, 0.1) is 7.11 Å². The highest BCUT2D eigenvalue weighted by molar-refractivity contribution is 5.79. The lowest BCUT2D eigenvalue weighted by atomic mass is 10.0. The molecule has 0 aliphatic carbocycles. The van der Waals surface area contributed by atoms with Gasteiger partial charge < -0.3 is 10.5 Å². The molecule has 1 aromatic carbocycles. The van der Waals surface area contributed by atoms with E-state index in [4.69, 9.17) is 10.5 Å². The molecule has 0 saturated heterocycles. The molecule has 3 nitrogen and oxygen atoms in total. The lowest BCUT2D eigenvalue weighted by Crippen LogP contribution is -2.22. The number of carbonyl (C=O) groups is 1. The van der Waals surface area contributed by atoms with Crippen molar-refractivity contribution in [3.8, 4) is 5.75 Å². The first-order chi connectivity index (χ1) is 8.15. The molecule has 1 unspecified atom stereocenters. The van der Waals surface area contributed by atoms with Crippen LogP contribution in [0.4, 0.5) is 0 Å². The Hall–Kier alpha value is -1.35. The lowest BCUT2D eigenvalue weighted by Gasteiger charge is -2.07. The number of methoxy groups -OCH3 is 1. The molecule has 2 N–H and O–H groups in total. The Bertz CT molecular complexity index is 346. The number of aryl methyl sites for hydroxylation is 1. The van der Waals surface area contributed by atoms with Crippen molar-refractivity contribution in [1.82, 2.24) is 0 Å². The Balaban J connectivity index is 2.36. The van der Waals surface area contributed by atoms with Crippen molar-refractivity contribution in [3.05, 3.63) is 29.8 Å². The second-order valence-electron chi connectivity index (χ2n) is 4.26. The maximum Gasteiger partial charge on any atom is 0.134 e. The summed E-state index contributed by atoms with van der Waals surface area (Å²) < 4.78 is 5.08. The van der Waals surface area contributed by atoms with Gasteiger partial charge in [-0.1, -0.05) is 19.1 Å². The average molecular weight is 235 g/mol. The fourth-order valence-electron chi connectivity index (χ4n) is 1.61. The van der Waals surface area contributed by atoms with Gasteiger partial charge in [0.25, 0.3) is 0 Å². The third-order valence-corrected chi connectivity index (χ3v) is 2.87. The van der Waals surface area contributed by atoms with Gasteiger partial charge in [0.15, 0.2) is 0 Å². The summed E-state index contributed by atoms with van der Waals surface area (Å²) in [5.74, 6) is 1.09. The zero-order valence-electron chi connectivity index (χ0n) is 10.6. The van der Waals surface area contributed by atoms with Crippen molar-refractivity contribution < 1.29 is 9.53 Å². The van der Waals surface area contributed by atoms with Crippen molar-refractivity contribution in [2.75, 3.05) is 7.11 Å². The third-order valence-electron chi connectivity index (χ3n) is 2.87. The molecule has 17 heavy (non-hydrogen) atoms. The first-order valence-electron chi connectivity index (χ1n) is 6.06. The number of ketones is 1. The van der Waals surface area contributed by atoms with Gasteiger partial charge in [0, 0.05) is 18.9 Å². The Morgan fingerprint density at radius 3 is 2.53 bits per heavy atom. The summed E-state index contributed by atoms with van der Waals surface area (Å²) in [5.41, 5.74) is 6.90. The number of ether oxygens (including phenoxy) is 1. The highest BCUT2D eigenvalue weighted by atomic mass is 16.5. The maximum atomic E-state index is 11.6. The normalized spacial score (nSPS) is 12.2. The van der Waals surface area contributed by atoms with Gasteiger partial charge in [-0.25, -0.2) is 0 Å². The Kier molecular flexibility index (Phi) is 5.70. The zero-order chi connectivity index (χ0) is 12.7. The van der Waals surface area contributed by atoms with E-state index in [1.165, 1.54) is 0 Å². The second-order valence-corrected chi connectivity index (χ2v) is 4.26. The second kappa shape index (κ2) is 7.07. The number of benzene rings is 1. The van der Waals surface area contributed by atoms with Crippen LogP contribution in [-0.2, 0) is 11.2 Å². The quantitative estimate of drug-likeness (QED) is 0.789. The molecule has 0 saturated carbocycles. The number of hydrogen-bond acceptors (Lipinski definition) is 3. The molecule has 1 rings (SSSR count). The van der Waals surface area contributed by atoms with E-state index in [9.17, 15) is 4.79 Å². The van der Waals surface area contributed by atoms with E-state index in [2.05, 4.69) is 0 Å². The summed E-state index contributed by atoms with van der Waals surface area (Å²) in [6, 6.07) is 7.82. The molecule has 0 spiro atoms. The molecule has 0 fully saturated rings. The van der Waals surface area contributed by atoms with Gasteiger partial charge in [-0.15, -0.1) is 0 Å². The first-order valence-corrected chi connectivity index (χ1v) is 6.06. The summed E-state index contributed by atoms with van der Waals surface area (Å²) in [6.45, 7) is 2.00. The van der Waals surface area contributed by atoms with E-state index in [1.54, 1.807) is 7.11 Å². The van der Waals surface area contributed by atoms with Gasteiger partial charge in [-0.05, 0) is 30.5 Å². The number of nitrogens with two attached hydrogens (primary N) is 1. The third kappa shape index (κ3) is 5.00. The van der Waals surface area contributed by atoms with E-state index < -0.39 is 0 Å². The molecular weight excluding hydrogens is 214 g/mol. The van der Waals surface area contributed by atoms with Gasteiger partial charge in [0.2, 0.25) is 0 Å². The predicted octanol–water partition coefficient (Wildman–Crippen LogP) is 2.32. The smallest absolute Gasteiger partial charge is 0.134 e. The van der Waals surface area contributed by atoms with Crippen molar-refractivity contribution in [1.29, 1.82) is 0 Å². The Labute approximate surface area is 103 Å². The van der Waals surface area contributed by atoms with Crippen LogP contribution >= 0.6 is 0 Å². The van der Waals surface area contributed by atoms with Crippen LogP contribution in [0.25, 0.3) is 0 Å². The van der Waals surface area contributed by atoms with Crippen molar-refractivity contribution in [3.63, 3.8) is 0 Å². The fourth-order valence-corrected chi connectivity index (χ4v) is 1.61. The SMILES string of the molecule is CCC(N)CC(=O)CCc1ccc(OC)cc1. The zero-order valence-corrected chi connectivity index (χ0v) is 10.6. The van der Waals surface area contributed by atoms with E-state index >= 15 is 0 Å². The molecule has 3 heteroatoms. The van der Waals surface area contributed by atoms with E-state index in [-0.39, 0.29) is 11.8 Å². The van der Waals surface area contributed by atoms with Crippen LogP contribution in [0.5, 0.6) is 5.75 Å². The largest absolute Gasteiger partial charge is 0.497 e. The Morgan fingerprint density at radius 2 is 2.00 bits per heavy atom. The Morgan fingerprint density at radius 1 is 1.35 bits per heavy atom. The van der Waals surface area contributed by atoms with Crippen molar-refractivity contribution in [2.45, 2.75) is 38.6 Å². The topological polar surface area (TPSA) is 52.3 Å². The standard InChI is InChI=1S/C14H21NO2/c1-3-12(15)10-13(16)7-4-11-5-8-14(17-2)9-6-11/h5-6,8-9,12H,3-4,7,10,15H2,1-2H3. The van der Waals surface area contributed by atoms with Crippen LogP contribution in [0.15, 0.2) is 24.3 Å². The lowest BCUT2D eigenvalue weighted by molar-refractivity contribution is -0.119. The minimum atomic E-state index is 0.0124. The van der Waals surface area contributed by atoms with E-state index in [0.29, 0.717) is 12.8 Å². The van der Waals surface area contributed by atoms with Gasteiger partial charge in [-0.2, -0.15) is 0 Å². The van der Waals surface area contributed by atoms with Crippen LogP contribution in [0.3, 0.4) is 0 Å². The summed E-state index contributed by atoms with van der Waals surface area (Å²) >= 11 is 0. The molecule has 0 aromatic heterocycles. The molecule has 1 atom stereocenters. The number of hydrogen-bond donors (Lipinski definition) is 1. The molecule has 94 valence electrons. The first kappa shape index (κ1) is 13.7. The molecule has 0 aliphatic heterocycles. The molecule has 0 amide bonds. The number of Topliss-reactive ketones (excluding diaryl/α,β-unsaturated/α-hetero) is 1. The van der Waals surface area contributed by atoms with Crippen LogP contribution in [0, 0.1) is 0 Å². The van der Waals surface area contributed by atoms with Crippen LogP contribution in [0.1, 0.15) is 31.7 Å². The average Bonchev–Trinajstić information content (AvgIpc) is 2.36. The fraction of sp³-hybridized carbons (Fsp3) is 0.500. The molecule has 0 radical (unpaired) electrons. The number of carbonyl (C=O) groups excluding carboxylic acids is 1. The highest BCUT2D eigenvalue weighted by Crippen LogP contribution is 2.13. The minimum absolute atomic E-state index is 0.0124. The predicted molar refractivity (Wildman–Crippen MR) is 69.2 cm³/mol.